The summed E-state index contributed by atoms with van der Waals surface area (Å²) in [6.45, 7) is 3.84. The Morgan fingerprint density at radius 2 is 2.22 bits per heavy atom. The molecule has 0 saturated heterocycles. The van der Waals surface area contributed by atoms with Crippen molar-refractivity contribution in [3.63, 3.8) is 0 Å². The van der Waals surface area contributed by atoms with Gasteiger partial charge < -0.3 is 4.43 Å². The van der Waals surface area contributed by atoms with Gasteiger partial charge in [0, 0.05) is 12.7 Å². The van der Waals surface area contributed by atoms with E-state index in [4.69, 9.17) is 4.43 Å². The molecule has 0 radical (unpaired) electrons. The van der Waals surface area contributed by atoms with Crippen LogP contribution in [-0.4, -0.2) is 21.3 Å². The van der Waals surface area contributed by atoms with Crippen molar-refractivity contribution in [2.24, 2.45) is 0 Å². The quantitative estimate of drug-likeness (QED) is 0.494. The minimum atomic E-state index is -1.26. The topological polar surface area (TPSA) is 26.3 Å². The third-order valence-electron chi connectivity index (χ3n) is 1.47. The van der Waals surface area contributed by atoms with Gasteiger partial charge in [-0.05, 0) is 6.55 Å². The van der Waals surface area contributed by atoms with Crippen LogP contribution in [0.4, 0.5) is 0 Å². The highest BCUT2D eigenvalue weighted by Crippen LogP contribution is 2.12. The van der Waals surface area contributed by atoms with Crippen LogP contribution < -0.4 is 0 Å². The summed E-state index contributed by atoms with van der Waals surface area (Å²) in [6, 6.07) is 0. The number of thiol groups is 1. The fraction of sp³-hybridized carbons (Fsp3) is 0.800. The van der Waals surface area contributed by atoms with Gasteiger partial charge in [0.25, 0.3) is 0 Å². The van der Waals surface area contributed by atoms with E-state index in [0.717, 1.165) is 0 Å². The van der Waals surface area contributed by atoms with Crippen LogP contribution in [0.15, 0.2) is 0 Å². The van der Waals surface area contributed by atoms with Crippen molar-refractivity contribution >= 4 is 26.8 Å². The molecule has 0 bridgehead atoms. The van der Waals surface area contributed by atoms with Crippen molar-refractivity contribution in [2.75, 3.05) is 7.11 Å². The molecule has 0 fully saturated rings. The molecule has 0 heterocycles. The molecule has 2 unspecified atom stereocenters. The van der Waals surface area contributed by atoms with Crippen molar-refractivity contribution in [3.05, 3.63) is 0 Å². The van der Waals surface area contributed by atoms with E-state index in [-0.39, 0.29) is 10.7 Å². The second kappa shape index (κ2) is 4.08. The first-order valence-electron chi connectivity index (χ1n) is 2.85. The summed E-state index contributed by atoms with van der Waals surface area (Å²) in [4.78, 5) is 10.6. The van der Waals surface area contributed by atoms with E-state index >= 15 is 0 Å². The molecule has 0 aromatic heterocycles. The van der Waals surface area contributed by atoms with Gasteiger partial charge in [-0.25, -0.2) is 0 Å². The van der Waals surface area contributed by atoms with Gasteiger partial charge in [0.2, 0.25) is 0 Å². The molecule has 0 aliphatic heterocycles. The molecule has 4 heteroatoms. The average Bonchev–Trinajstić information content (AvgIpc) is 1.84. The van der Waals surface area contributed by atoms with Crippen LogP contribution >= 0.6 is 12.6 Å². The minimum Gasteiger partial charge on any atom is -0.423 e. The zero-order valence-electron chi connectivity index (χ0n) is 5.92. The maximum absolute atomic E-state index is 10.6. The normalized spacial score (nSPS) is 16.9. The Balaban J connectivity index is 3.72. The van der Waals surface area contributed by atoms with Gasteiger partial charge in [0.1, 0.15) is 0 Å². The standard InChI is InChI=1S/C5H12O2SSi/c1-4(5(6)8)9(3)7-2/h4,9H,1-3H3,(H,6,8). The number of rotatable bonds is 3. The van der Waals surface area contributed by atoms with E-state index in [1.165, 1.54) is 0 Å². The smallest absolute Gasteiger partial charge is 0.188 e. The Kier molecular flexibility index (Phi) is 4.17. The number of carbonyl (C=O) groups is 1. The maximum atomic E-state index is 10.6. The molecule has 0 aromatic carbocycles. The molecule has 0 N–H and O–H groups in total. The van der Waals surface area contributed by atoms with E-state index in [9.17, 15) is 4.79 Å². The number of hydrogen-bond donors (Lipinski definition) is 1. The van der Waals surface area contributed by atoms with Crippen LogP contribution in [0.25, 0.3) is 0 Å². The highest BCUT2D eigenvalue weighted by molar-refractivity contribution is 7.97. The molecule has 2 atom stereocenters. The Morgan fingerprint density at radius 1 is 1.78 bits per heavy atom. The molecule has 0 rings (SSSR count). The molecule has 0 amide bonds. The lowest BCUT2D eigenvalue weighted by molar-refractivity contribution is -0.110. The molecule has 54 valence electrons. The van der Waals surface area contributed by atoms with E-state index in [1.54, 1.807) is 7.11 Å². The summed E-state index contributed by atoms with van der Waals surface area (Å²) in [5.41, 5.74) is 0.0262. The molecule has 0 aromatic rings. The fourth-order valence-corrected chi connectivity index (χ4v) is 1.84. The van der Waals surface area contributed by atoms with Crippen molar-refractivity contribution in [1.29, 1.82) is 0 Å². The molecule has 9 heavy (non-hydrogen) atoms. The van der Waals surface area contributed by atoms with Crippen LogP contribution in [0.2, 0.25) is 12.1 Å². The Labute approximate surface area is 62.7 Å². The zero-order valence-corrected chi connectivity index (χ0v) is 7.97. The van der Waals surface area contributed by atoms with Gasteiger partial charge in [-0.15, -0.1) is 12.6 Å². The van der Waals surface area contributed by atoms with E-state index < -0.39 is 9.04 Å². The molecule has 0 saturated carbocycles. The van der Waals surface area contributed by atoms with Crippen LogP contribution in [0.5, 0.6) is 0 Å². The van der Waals surface area contributed by atoms with Crippen LogP contribution in [-0.2, 0) is 9.22 Å². The first-order valence-corrected chi connectivity index (χ1v) is 5.59. The fourth-order valence-electron chi connectivity index (χ4n) is 0.405. The van der Waals surface area contributed by atoms with E-state index in [1.807, 2.05) is 13.5 Å². The van der Waals surface area contributed by atoms with Gasteiger partial charge in [0.05, 0.1) is 0 Å². The number of carbonyl (C=O) groups excluding carboxylic acids is 1. The number of hydrogen-bond acceptors (Lipinski definition) is 2. The second-order valence-electron chi connectivity index (χ2n) is 2.07. The molecule has 0 aliphatic carbocycles. The Morgan fingerprint density at radius 3 is 2.33 bits per heavy atom. The van der Waals surface area contributed by atoms with Gasteiger partial charge >= 0.3 is 0 Å². The summed E-state index contributed by atoms with van der Waals surface area (Å²) in [6.07, 6.45) is 0. The lowest BCUT2D eigenvalue weighted by atomic mass is 10.5. The summed E-state index contributed by atoms with van der Waals surface area (Å²) in [5.74, 6) is 0. The van der Waals surface area contributed by atoms with Crippen LogP contribution in [0.3, 0.4) is 0 Å². The molecular weight excluding hydrogens is 152 g/mol. The van der Waals surface area contributed by atoms with Crippen molar-refractivity contribution in [1.82, 2.24) is 0 Å². The first kappa shape index (κ1) is 9.20. The van der Waals surface area contributed by atoms with Crippen LogP contribution in [0, 0.1) is 0 Å². The highest BCUT2D eigenvalue weighted by atomic mass is 32.1. The zero-order chi connectivity index (χ0) is 7.44. The Bertz CT molecular complexity index is 107. The monoisotopic (exact) mass is 164 g/mol. The average molecular weight is 164 g/mol. The van der Waals surface area contributed by atoms with Gasteiger partial charge in [0.15, 0.2) is 14.2 Å². The van der Waals surface area contributed by atoms with Crippen molar-refractivity contribution < 1.29 is 9.22 Å². The van der Waals surface area contributed by atoms with Gasteiger partial charge in [-0.2, -0.15) is 0 Å². The van der Waals surface area contributed by atoms with Gasteiger partial charge in [-0.1, -0.05) is 6.92 Å². The van der Waals surface area contributed by atoms with E-state index in [0.29, 0.717) is 0 Å². The SMILES string of the molecule is CO[SiH](C)C(C)C(=O)S. The molecule has 0 spiro atoms. The van der Waals surface area contributed by atoms with E-state index in [2.05, 4.69) is 12.6 Å². The minimum absolute atomic E-state index is 0.0262. The van der Waals surface area contributed by atoms with Crippen molar-refractivity contribution in [2.45, 2.75) is 19.0 Å². The van der Waals surface area contributed by atoms with Crippen LogP contribution in [0.1, 0.15) is 6.92 Å². The van der Waals surface area contributed by atoms with Gasteiger partial charge in [-0.3, -0.25) is 4.79 Å². The third kappa shape index (κ3) is 3.03. The maximum Gasteiger partial charge on any atom is 0.188 e. The Hall–Kier alpha value is 0.197. The second-order valence-corrected chi connectivity index (χ2v) is 5.39. The molecule has 2 nitrogen and oxygen atoms in total. The predicted octanol–water partition coefficient (Wildman–Crippen LogP) is 0.833. The third-order valence-corrected chi connectivity index (χ3v) is 4.61. The predicted molar refractivity (Wildman–Crippen MR) is 43.4 cm³/mol. The largest absolute Gasteiger partial charge is 0.423 e. The molecule has 0 aliphatic rings. The highest BCUT2D eigenvalue weighted by Gasteiger charge is 2.18. The summed E-state index contributed by atoms with van der Waals surface area (Å²) in [5, 5.41) is -0.0592. The lowest BCUT2D eigenvalue weighted by Gasteiger charge is -2.11. The first-order chi connectivity index (χ1) is 4.09. The summed E-state index contributed by atoms with van der Waals surface area (Å²) >= 11 is 3.70. The van der Waals surface area contributed by atoms with Crippen molar-refractivity contribution in [3.8, 4) is 0 Å². The lowest BCUT2D eigenvalue weighted by Crippen LogP contribution is -2.21. The summed E-state index contributed by atoms with van der Waals surface area (Å²) in [7, 11) is 0.384. The summed E-state index contributed by atoms with van der Waals surface area (Å²) < 4.78 is 5.04. The molecular formula is C5H12O2SSi.